The topological polar surface area (TPSA) is 55.7 Å². The van der Waals surface area contributed by atoms with Crippen LogP contribution >= 0.6 is 11.6 Å². The summed E-state index contributed by atoms with van der Waals surface area (Å²) < 4.78 is 21.7. The lowest BCUT2D eigenvalue weighted by Crippen LogP contribution is -2.20. The molecule has 1 fully saturated rings. The van der Waals surface area contributed by atoms with Gasteiger partial charge in [-0.25, -0.2) is 4.21 Å². The van der Waals surface area contributed by atoms with Gasteiger partial charge < -0.3 is 4.74 Å². The molecular weight excluding hydrogens is 298 g/mol. The van der Waals surface area contributed by atoms with Crippen molar-refractivity contribution < 1.29 is 13.7 Å². The first-order chi connectivity index (χ1) is 9.47. The van der Waals surface area contributed by atoms with E-state index < -0.39 is 9.73 Å². The summed E-state index contributed by atoms with van der Waals surface area (Å²) in [5.41, 5.74) is 0. The highest BCUT2D eigenvalue weighted by Crippen LogP contribution is 2.20. The van der Waals surface area contributed by atoms with E-state index in [2.05, 4.69) is 4.36 Å². The number of nitrogens with zero attached hydrogens (tertiary/aromatic N) is 1. The van der Waals surface area contributed by atoms with E-state index in [0.717, 1.165) is 19.4 Å². The highest BCUT2D eigenvalue weighted by atomic mass is 35.5. The van der Waals surface area contributed by atoms with E-state index in [1.807, 2.05) is 0 Å². The molecule has 0 spiro atoms. The number of benzene rings is 1. The highest BCUT2D eigenvalue weighted by Gasteiger charge is 2.18. The lowest BCUT2D eigenvalue weighted by molar-refractivity contribution is -0.119. The fourth-order valence-corrected chi connectivity index (χ4v) is 3.70. The lowest BCUT2D eigenvalue weighted by atomic mass is 9.99. The average Bonchev–Trinajstić information content (AvgIpc) is 2.39. The third-order valence-electron chi connectivity index (χ3n) is 3.23. The number of ether oxygens (including phenoxy) is 1. The van der Waals surface area contributed by atoms with Gasteiger partial charge >= 0.3 is 0 Å². The second-order valence-corrected chi connectivity index (χ2v) is 7.73. The molecule has 0 N–H and O–H groups in total. The SMILES string of the molecule is CS(=O)(=NC(=O)CC1CCCOC1)c1cccc(Cl)c1. The number of amides is 1. The molecule has 20 heavy (non-hydrogen) atoms. The van der Waals surface area contributed by atoms with E-state index in [9.17, 15) is 9.00 Å². The van der Waals surface area contributed by atoms with Crippen LogP contribution in [0, 0.1) is 5.92 Å². The molecule has 0 bridgehead atoms. The Morgan fingerprint density at radius 1 is 1.55 bits per heavy atom. The Kier molecular flexibility index (Phi) is 5.18. The van der Waals surface area contributed by atoms with Crippen molar-refractivity contribution in [3.8, 4) is 0 Å². The standard InChI is InChI=1S/C14H18ClNO3S/c1-20(18,13-6-2-5-12(15)9-13)16-14(17)8-11-4-3-7-19-10-11/h2,5-6,9,11H,3-4,7-8,10H2,1H3. The number of carbonyl (C=O) groups excluding carboxylic acids is 1. The maximum absolute atomic E-state index is 12.5. The fraction of sp³-hybridized carbons (Fsp3) is 0.500. The first-order valence-corrected chi connectivity index (χ1v) is 8.86. The Hall–Kier alpha value is -0.910. The monoisotopic (exact) mass is 315 g/mol. The Morgan fingerprint density at radius 3 is 3.00 bits per heavy atom. The minimum absolute atomic E-state index is 0.189. The Morgan fingerprint density at radius 2 is 2.35 bits per heavy atom. The van der Waals surface area contributed by atoms with E-state index in [0.29, 0.717) is 22.9 Å². The molecule has 2 atom stereocenters. The minimum atomic E-state index is -2.73. The molecule has 0 aliphatic carbocycles. The van der Waals surface area contributed by atoms with E-state index in [-0.39, 0.29) is 11.8 Å². The van der Waals surface area contributed by atoms with E-state index in [1.165, 1.54) is 6.26 Å². The molecule has 1 aliphatic heterocycles. The Labute approximate surface area is 124 Å². The first kappa shape index (κ1) is 15.5. The highest BCUT2D eigenvalue weighted by molar-refractivity contribution is 7.93. The molecule has 0 saturated carbocycles. The quantitative estimate of drug-likeness (QED) is 0.861. The van der Waals surface area contributed by atoms with Crippen molar-refractivity contribution in [3.05, 3.63) is 29.3 Å². The summed E-state index contributed by atoms with van der Waals surface area (Å²) in [7, 11) is -2.73. The van der Waals surface area contributed by atoms with Gasteiger partial charge in [0.2, 0.25) is 0 Å². The lowest BCUT2D eigenvalue weighted by Gasteiger charge is -2.20. The predicted molar refractivity (Wildman–Crippen MR) is 79.4 cm³/mol. The molecule has 1 heterocycles. The number of rotatable bonds is 3. The Bertz CT molecular complexity index is 602. The van der Waals surface area contributed by atoms with Gasteiger partial charge in [-0.15, -0.1) is 0 Å². The van der Waals surface area contributed by atoms with Crippen molar-refractivity contribution in [3.63, 3.8) is 0 Å². The van der Waals surface area contributed by atoms with Crippen LogP contribution in [0.15, 0.2) is 33.5 Å². The van der Waals surface area contributed by atoms with Crippen LogP contribution in [0.3, 0.4) is 0 Å². The zero-order valence-electron chi connectivity index (χ0n) is 11.4. The van der Waals surface area contributed by atoms with Crippen molar-refractivity contribution in [1.29, 1.82) is 0 Å². The van der Waals surface area contributed by atoms with Crippen molar-refractivity contribution in [2.45, 2.75) is 24.2 Å². The van der Waals surface area contributed by atoms with Gasteiger partial charge in [0.25, 0.3) is 5.91 Å². The van der Waals surface area contributed by atoms with Crippen LogP contribution < -0.4 is 0 Å². The van der Waals surface area contributed by atoms with Crippen LogP contribution in [0.1, 0.15) is 19.3 Å². The second-order valence-electron chi connectivity index (χ2n) is 5.03. The van der Waals surface area contributed by atoms with Crippen LogP contribution in [-0.4, -0.2) is 29.6 Å². The normalized spacial score (nSPS) is 22.0. The smallest absolute Gasteiger partial charge is 0.254 e. The van der Waals surface area contributed by atoms with E-state index in [4.69, 9.17) is 16.3 Å². The van der Waals surface area contributed by atoms with E-state index in [1.54, 1.807) is 24.3 Å². The Balaban J connectivity index is 2.11. The van der Waals surface area contributed by atoms with Gasteiger partial charge in [0.1, 0.15) is 0 Å². The maximum atomic E-state index is 12.5. The van der Waals surface area contributed by atoms with Gasteiger partial charge in [0, 0.05) is 35.8 Å². The van der Waals surface area contributed by atoms with Gasteiger partial charge in [0.15, 0.2) is 0 Å². The molecule has 1 amide bonds. The summed E-state index contributed by atoms with van der Waals surface area (Å²) >= 11 is 5.87. The summed E-state index contributed by atoms with van der Waals surface area (Å²) in [6, 6.07) is 6.66. The summed E-state index contributed by atoms with van der Waals surface area (Å²) in [6.45, 7) is 1.35. The third kappa shape index (κ3) is 4.30. The predicted octanol–water partition coefficient (Wildman–Crippen LogP) is 3.14. The number of hydrogen-bond acceptors (Lipinski definition) is 3. The molecule has 6 heteroatoms. The zero-order chi connectivity index (χ0) is 14.6. The molecule has 1 aromatic carbocycles. The summed E-state index contributed by atoms with van der Waals surface area (Å²) in [5, 5.41) is 0.486. The van der Waals surface area contributed by atoms with Gasteiger partial charge in [-0.1, -0.05) is 17.7 Å². The molecule has 2 unspecified atom stereocenters. The van der Waals surface area contributed by atoms with Crippen molar-refractivity contribution >= 4 is 27.2 Å². The summed E-state index contributed by atoms with van der Waals surface area (Å²) in [4.78, 5) is 12.4. The number of hydrogen-bond donors (Lipinski definition) is 0. The molecular formula is C14H18ClNO3S. The van der Waals surface area contributed by atoms with Crippen molar-refractivity contribution in [1.82, 2.24) is 0 Å². The molecule has 0 radical (unpaired) electrons. The molecule has 4 nitrogen and oxygen atoms in total. The van der Waals surface area contributed by atoms with Crippen LogP contribution in [0.4, 0.5) is 0 Å². The minimum Gasteiger partial charge on any atom is -0.381 e. The maximum Gasteiger partial charge on any atom is 0.254 e. The molecule has 1 aliphatic rings. The summed E-state index contributed by atoms with van der Waals surface area (Å²) in [5.74, 6) is -0.137. The second kappa shape index (κ2) is 6.70. The molecule has 1 aromatic rings. The molecule has 2 rings (SSSR count). The summed E-state index contributed by atoms with van der Waals surface area (Å²) in [6.07, 6.45) is 3.69. The van der Waals surface area contributed by atoms with Crippen LogP contribution in [0.5, 0.6) is 0 Å². The molecule has 1 saturated heterocycles. The third-order valence-corrected chi connectivity index (χ3v) is 5.14. The van der Waals surface area contributed by atoms with Crippen LogP contribution in [0.25, 0.3) is 0 Å². The number of halogens is 1. The van der Waals surface area contributed by atoms with Gasteiger partial charge in [-0.3, -0.25) is 4.79 Å². The zero-order valence-corrected chi connectivity index (χ0v) is 13.0. The van der Waals surface area contributed by atoms with Crippen LogP contribution in [-0.2, 0) is 19.3 Å². The van der Waals surface area contributed by atoms with Crippen molar-refractivity contribution in [2.75, 3.05) is 19.5 Å². The van der Waals surface area contributed by atoms with Crippen molar-refractivity contribution in [2.24, 2.45) is 10.3 Å². The molecule has 110 valence electrons. The first-order valence-electron chi connectivity index (χ1n) is 6.56. The number of carbonyl (C=O) groups is 1. The van der Waals surface area contributed by atoms with Gasteiger partial charge in [-0.05, 0) is 37.0 Å². The fourth-order valence-electron chi connectivity index (χ4n) is 2.20. The van der Waals surface area contributed by atoms with E-state index >= 15 is 0 Å². The average molecular weight is 316 g/mol. The van der Waals surface area contributed by atoms with Gasteiger partial charge in [0.05, 0.1) is 9.73 Å². The van der Waals surface area contributed by atoms with Gasteiger partial charge in [-0.2, -0.15) is 4.36 Å². The molecule has 0 aromatic heterocycles. The van der Waals surface area contributed by atoms with Crippen LogP contribution in [0.2, 0.25) is 5.02 Å². The largest absolute Gasteiger partial charge is 0.381 e.